The summed E-state index contributed by atoms with van der Waals surface area (Å²) < 4.78 is 0. The van der Waals surface area contributed by atoms with Crippen molar-refractivity contribution in [2.24, 2.45) is 0 Å². The Morgan fingerprint density at radius 3 is 2.62 bits per heavy atom. The van der Waals surface area contributed by atoms with Gasteiger partial charge in [-0.25, -0.2) is 9.97 Å². The number of nitrogens with zero attached hydrogens (tertiary/aromatic N) is 3. The Morgan fingerprint density at radius 1 is 1.31 bits per heavy atom. The van der Waals surface area contributed by atoms with Crippen LogP contribution in [0.3, 0.4) is 0 Å². The van der Waals surface area contributed by atoms with Crippen LogP contribution in [0.2, 0.25) is 0 Å². The maximum absolute atomic E-state index is 8.90. The first-order valence-corrected chi connectivity index (χ1v) is 4.78. The van der Waals surface area contributed by atoms with E-state index in [4.69, 9.17) is 5.11 Å². The number of aromatic nitrogens is 2. The molecular formula is C9H16Cl2N4O. The summed E-state index contributed by atoms with van der Waals surface area (Å²) >= 11 is 0. The highest BCUT2D eigenvalue weighted by Gasteiger charge is 2.11. The molecule has 92 valence electrons. The third-order valence-corrected chi connectivity index (χ3v) is 2.27. The molecule has 0 saturated carbocycles. The summed E-state index contributed by atoms with van der Waals surface area (Å²) in [5, 5.41) is 12.2. The molecule has 7 heteroatoms. The minimum absolute atomic E-state index is 0. The van der Waals surface area contributed by atoms with Crippen molar-refractivity contribution in [3.63, 3.8) is 0 Å². The fourth-order valence-electron chi connectivity index (χ4n) is 1.53. The minimum Gasteiger partial charge on any atom is -0.388 e. The van der Waals surface area contributed by atoms with E-state index in [1.807, 2.05) is 6.07 Å². The molecule has 1 aromatic heterocycles. The van der Waals surface area contributed by atoms with Crippen molar-refractivity contribution in [3.8, 4) is 0 Å². The molecule has 1 aliphatic heterocycles. The Hall–Kier alpha value is -0.620. The van der Waals surface area contributed by atoms with Gasteiger partial charge >= 0.3 is 0 Å². The van der Waals surface area contributed by atoms with Gasteiger partial charge in [-0.3, -0.25) is 0 Å². The molecule has 1 saturated heterocycles. The largest absolute Gasteiger partial charge is 0.388 e. The zero-order valence-corrected chi connectivity index (χ0v) is 10.4. The van der Waals surface area contributed by atoms with Gasteiger partial charge in [-0.1, -0.05) is 0 Å². The number of hydrogen-bond acceptors (Lipinski definition) is 5. The van der Waals surface area contributed by atoms with Crippen molar-refractivity contribution in [1.82, 2.24) is 15.3 Å². The molecule has 0 spiro atoms. The molecule has 2 N–H and O–H groups in total. The topological polar surface area (TPSA) is 61.3 Å². The van der Waals surface area contributed by atoms with Crippen molar-refractivity contribution in [3.05, 3.63) is 18.1 Å². The average Bonchev–Trinajstić information content (AvgIpc) is 2.30. The summed E-state index contributed by atoms with van der Waals surface area (Å²) in [5.41, 5.74) is 0. The Balaban J connectivity index is 0.00000112. The molecule has 2 heterocycles. The van der Waals surface area contributed by atoms with Crippen LogP contribution in [0.1, 0.15) is 5.82 Å². The van der Waals surface area contributed by atoms with E-state index in [2.05, 4.69) is 20.2 Å². The van der Waals surface area contributed by atoms with E-state index < -0.39 is 0 Å². The minimum atomic E-state index is -0.0973. The normalized spacial score (nSPS) is 14.9. The van der Waals surface area contributed by atoms with E-state index in [1.54, 1.807) is 6.20 Å². The molecule has 0 amide bonds. The van der Waals surface area contributed by atoms with Crippen LogP contribution in [-0.4, -0.2) is 41.3 Å². The third-order valence-electron chi connectivity index (χ3n) is 2.27. The molecule has 1 aromatic rings. The fourth-order valence-corrected chi connectivity index (χ4v) is 1.53. The van der Waals surface area contributed by atoms with E-state index in [1.165, 1.54) is 0 Å². The fraction of sp³-hybridized carbons (Fsp3) is 0.556. The van der Waals surface area contributed by atoms with Gasteiger partial charge in [0.15, 0.2) is 5.82 Å². The molecular weight excluding hydrogens is 251 g/mol. The molecule has 0 aliphatic carbocycles. The highest BCUT2D eigenvalue weighted by molar-refractivity contribution is 5.85. The van der Waals surface area contributed by atoms with Gasteiger partial charge in [0.25, 0.3) is 0 Å². The zero-order valence-electron chi connectivity index (χ0n) is 8.80. The van der Waals surface area contributed by atoms with Crippen LogP contribution in [0.4, 0.5) is 5.82 Å². The number of halogens is 2. The first-order chi connectivity index (χ1) is 6.90. The number of rotatable bonds is 2. The lowest BCUT2D eigenvalue weighted by Gasteiger charge is -2.28. The SMILES string of the molecule is Cl.Cl.OCc1nccc(N2CCNCC2)n1. The van der Waals surface area contributed by atoms with Crippen LogP contribution < -0.4 is 10.2 Å². The molecule has 0 radical (unpaired) electrons. The van der Waals surface area contributed by atoms with Crippen LogP contribution in [0.5, 0.6) is 0 Å². The maximum Gasteiger partial charge on any atom is 0.156 e. The second-order valence-corrected chi connectivity index (χ2v) is 3.23. The lowest BCUT2D eigenvalue weighted by Crippen LogP contribution is -2.44. The number of aliphatic hydroxyl groups excluding tert-OH is 1. The summed E-state index contributed by atoms with van der Waals surface area (Å²) in [6.07, 6.45) is 1.69. The van der Waals surface area contributed by atoms with Crippen LogP contribution in [0, 0.1) is 0 Å². The predicted molar refractivity (Wildman–Crippen MR) is 67.5 cm³/mol. The average molecular weight is 267 g/mol. The van der Waals surface area contributed by atoms with Crippen LogP contribution >= 0.6 is 24.8 Å². The third kappa shape index (κ3) is 3.75. The summed E-state index contributed by atoms with van der Waals surface area (Å²) in [7, 11) is 0. The van der Waals surface area contributed by atoms with Crippen molar-refractivity contribution in [2.45, 2.75) is 6.61 Å². The first kappa shape index (κ1) is 15.4. The summed E-state index contributed by atoms with van der Waals surface area (Å²) in [5.74, 6) is 1.39. The van der Waals surface area contributed by atoms with Gasteiger partial charge in [0.1, 0.15) is 12.4 Å². The lowest BCUT2D eigenvalue weighted by molar-refractivity contribution is 0.271. The smallest absolute Gasteiger partial charge is 0.156 e. The molecule has 2 rings (SSSR count). The van der Waals surface area contributed by atoms with E-state index in [0.29, 0.717) is 5.82 Å². The highest BCUT2D eigenvalue weighted by atomic mass is 35.5. The van der Waals surface area contributed by atoms with E-state index >= 15 is 0 Å². The molecule has 0 atom stereocenters. The molecule has 0 unspecified atom stereocenters. The van der Waals surface area contributed by atoms with E-state index in [9.17, 15) is 0 Å². The van der Waals surface area contributed by atoms with Crippen molar-refractivity contribution >= 4 is 30.6 Å². The van der Waals surface area contributed by atoms with Crippen molar-refractivity contribution in [1.29, 1.82) is 0 Å². The maximum atomic E-state index is 8.90. The van der Waals surface area contributed by atoms with Gasteiger partial charge in [0.05, 0.1) is 0 Å². The zero-order chi connectivity index (χ0) is 9.80. The van der Waals surface area contributed by atoms with Gasteiger partial charge < -0.3 is 15.3 Å². The van der Waals surface area contributed by atoms with Crippen LogP contribution in [0.25, 0.3) is 0 Å². The number of hydrogen-bond donors (Lipinski definition) is 2. The molecule has 1 aliphatic rings. The summed E-state index contributed by atoms with van der Waals surface area (Å²) in [6.45, 7) is 3.79. The van der Waals surface area contributed by atoms with Gasteiger partial charge in [0, 0.05) is 32.4 Å². The van der Waals surface area contributed by atoms with Crippen molar-refractivity contribution in [2.75, 3.05) is 31.1 Å². The van der Waals surface area contributed by atoms with E-state index in [0.717, 1.165) is 32.0 Å². The van der Waals surface area contributed by atoms with Gasteiger partial charge in [-0.2, -0.15) is 0 Å². The molecule has 5 nitrogen and oxygen atoms in total. The molecule has 1 fully saturated rings. The Morgan fingerprint density at radius 2 is 2.00 bits per heavy atom. The highest BCUT2D eigenvalue weighted by Crippen LogP contribution is 2.10. The van der Waals surface area contributed by atoms with Gasteiger partial charge in [0.2, 0.25) is 0 Å². The first-order valence-electron chi connectivity index (χ1n) is 4.78. The monoisotopic (exact) mass is 266 g/mol. The number of piperazine rings is 1. The second kappa shape index (κ2) is 7.62. The quantitative estimate of drug-likeness (QED) is 0.802. The number of aliphatic hydroxyl groups is 1. The summed E-state index contributed by atoms with van der Waals surface area (Å²) in [6, 6.07) is 1.88. The number of nitrogens with one attached hydrogen (secondary N) is 1. The number of anilines is 1. The Bertz CT molecular complexity index is 307. The van der Waals surface area contributed by atoms with Gasteiger partial charge in [-0.05, 0) is 6.07 Å². The Labute approximate surface area is 107 Å². The summed E-state index contributed by atoms with van der Waals surface area (Å²) in [4.78, 5) is 10.4. The predicted octanol–water partition coefficient (Wildman–Crippen LogP) is 0.222. The van der Waals surface area contributed by atoms with Crippen LogP contribution in [-0.2, 0) is 6.61 Å². The lowest BCUT2D eigenvalue weighted by atomic mass is 10.3. The molecule has 16 heavy (non-hydrogen) atoms. The van der Waals surface area contributed by atoms with E-state index in [-0.39, 0.29) is 31.4 Å². The van der Waals surface area contributed by atoms with Crippen LogP contribution in [0.15, 0.2) is 12.3 Å². The molecule has 0 aromatic carbocycles. The second-order valence-electron chi connectivity index (χ2n) is 3.23. The Kier molecular flexibility index (Phi) is 7.33. The van der Waals surface area contributed by atoms with Crippen molar-refractivity contribution < 1.29 is 5.11 Å². The van der Waals surface area contributed by atoms with Gasteiger partial charge in [-0.15, -0.1) is 24.8 Å². The standard InChI is InChI=1S/C9H14N4O.2ClH/c14-7-8-11-2-1-9(12-8)13-5-3-10-4-6-13;;/h1-2,10,14H,3-7H2;2*1H. The molecule has 0 bridgehead atoms.